The zero-order valence-corrected chi connectivity index (χ0v) is 15.4. The van der Waals surface area contributed by atoms with Crippen molar-refractivity contribution >= 4 is 11.7 Å². The maximum atomic E-state index is 12.7. The number of aryl methyl sites for hydroxylation is 3. The largest absolute Gasteiger partial charge is 0.324 e. The van der Waals surface area contributed by atoms with Gasteiger partial charge in [-0.1, -0.05) is 42.5 Å². The lowest BCUT2D eigenvalue weighted by molar-refractivity contribution is 0.249. The summed E-state index contributed by atoms with van der Waals surface area (Å²) in [5.41, 5.74) is 3.84. The second kappa shape index (κ2) is 7.39. The van der Waals surface area contributed by atoms with Crippen LogP contribution < -0.4 is 10.6 Å². The van der Waals surface area contributed by atoms with Crippen molar-refractivity contribution < 1.29 is 4.79 Å². The molecule has 0 aliphatic carbocycles. The Morgan fingerprint density at radius 2 is 1.77 bits per heavy atom. The van der Waals surface area contributed by atoms with Gasteiger partial charge in [-0.3, -0.25) is 0 Å². The van der Waals surface area contributed by atoms with Crippen LogP contribution in [0.5, 0.6) is 0 Å². The Labute approximate surface area is 153 Å². The fraction of sp³-hybridized carbons (Fsp3) is 0.250. The molecule has 0 aliphatic rings. The van der Waals surface area contributed by atoms with Crippen LogP contribution in [0.15, 0.2) is 48.5 Å². The Morgan fingerprint density at radius 3 is 2.42 bits per heavy atom. The standard InChI is InChI=1S/C20H23N5O/c1-13-10-11-14(2)17(12-13)21-20(26)22-18(16-8-6-5-7-9-16)19-24-23-15(3)25(19)4/h5-12,18H,1-4H3,(H2,21,22,26)/t18-/m1/s1. The average Bonchev–Trinajstić information content (AvgIpc) is 2.96. The summed E-state index contributed by atoms with van der Waals surface area (Å²) in [7, 11) is 1.89. The van der Waals surface area contributed by atoms with Crippen LogP contribution in [-0.4, -0.2) is 20.8 Å². The Bertz CT molecular complexity index is 917. The molecule has 0 fully saturated rings. The SMILES string of the molecule is Cc1ccc(C)c(NC(=O)N[C@H](c2ccccc2)c2nnc(C)n2C)c1. The van der Waals surface area contributed by atoms with Crippen LogP contribution in [0.25, 0.3) is 0 Å². The molecule has 6 heteroatoms. The highest BCUT2D eigenvalue weighted by atomic mass is 16.2. The molecule has 2 aromatic carbocycles. The summed E-state index contributed by atoms with van der Waals surface area (Å²) < 4.78 is 1.88. The van der Waals surface area contributed by atoms with Gasteiger partial charge in [-0.15, -0.1) is 10.2 Å². The molecule has 26 heavy (non-hydrogen) atoms. The lowest BCUT2D eigenvalue weighted by Crippen LogP contribution is -2.34. The third kappa shape index (κ3) is 3.74. The molecule has 2 N–H and O–H groups in total. The van der Waals surface area contributed by atoms with Gasteiger partial charge in [0.05, 0.1) is 0 Å². The van der Waals surface area contributed by atoms with E-state index in [1.54, 1.807) is 0 Å². The molecular formula is C20H23N5O. The number of rotatable bonds is 4. The molecule has 0 saturated carbocycles. The molecule has 6 nitrogen and oxygen atoms in total. The number of anilines is 1. The molecule has 0 saturated heterocycles. The monoisotopic (exact) mass is 349 g/mol. The molecule has 0 spiro atoms. The smallest absolute Gasteiger partial charge is 0.320 e. The first kappa shape index (κ1) is 17.7. The van der Waals surface area contributed by atoms with Gasteiger partial charge in [-0.25, -0.2) is 4.79 Å². The minimum atomic E-state index is -0.396. The fourth-order valence-electron chi connectivity index (χ4n) is 2.78. The van der Waals surface area contributed by atoms with Gasteiger partial charge in [-0.05, 0) is 43.5 Å². The quantitative estimate of drug-likeness (QED) is 0.755. The predicted octanol–water partition coefficient (Wildman–Crippen LogP) is 3.65. The van der Waals surface area contributed by atoms with E-state index in [-0.39, 0.29) is 6.03 Å². The Kier molecular flexibility index (Phi) is 5.02. The summed E-state index contributed by atoms with van der Waals surface area (Å²) in [6.45, 7) is 5.85. The molecule has 3 aromatic rings. The molecule has 0 aliphatic heterocycles. The first-order valence-electron chi connectivity index (χ1n) is 8.51. The number of aromatic nitrogens is 3. The fourth-order valence-corrected chi connectivity index (χ4v) is 2.78. The van der Waals surface area contributed by atoms with Gasteiger partial charge in [0.25, 0.3) is 0 Å². The summed E-state index contributed by atoms with van der Waals surface area (Å²) in [6.07, 6.45) is 0. The molecule has 2 amide bonds. The van der Waals surface area contributed by atoms with Gasteiger partial charge in [0.2, 0.25) is 0 Å². The topological polar surface area (TPSA) is 71.8 Å². The van der Waals surface area contributed by atoms with Crippen LogP contribution in [0.3, 0.4) is 0 Å². The van der Waals surface area contributed by atoms with E-state index in [9.17, 15) is 4.79 Å². The number of carbonyl (C=O) groups excluding carboxylic acids is 1. The van der Waals surface area contributed by atoms with Crippen LogP contribution in [0, 0.1) is 20.8 Å². The average molecular weight is 349 g/mol. The van der Waals surface area contributed by atoms with E-state index in [2.05, 4.69) is 20.8 Å². The summed E-state index contributed by atoms with van der Waals surface area (Å²) in [6, 6.07) is 15.0. The van der Waals surface area contributed by atoms with Gasteiger partial charge in [0, 0.05) is 12.7 Å². The minimum absolute atomic E-state index is 0.284. The number of hydrogen-bond acceptors (Lipinski definition) is 3. The molecule has 1 aromatic heterocycles. The molecular weight excluding hydrogens is 326 g/mol. The minimum Gasteiger partial charge on any atom is -0.324 e. The molecule has 1 heterocycles. The van der Waals surface area contributed by atoms with Gasteiger partial charge in [0.15, 0.2) is 5.82 Å². The van der Waals surface area contributed by atoms with E-state index in [0.717, 1.165) is 28.2 Å². The van der Waals surface area contributed by atoms with Crippen LogP contribution in [0.1, 0.15) is 34.4 Å². The first-order valence-corrected chi connectivity index (χ1v) is 8.51. The van der Waals surface area contributed by atoms with Crippen molar-refractivity contribution in [2.45, 2.75) is 26.8 Å². The van der Waals surface area contributed by atoms with Gasteiger partial charge in [-0.2, -0.15) is 0 Å². The van der Waals surface area contributed by atoms with Crippen LogP contribution in [0.4, 0.5) is 10.5 Å². The highest BCUT2D eigenvalue weighted by Crippen LogP contribution is 2.21. The van der Waals surface area contributed by atoms with Crippen molar-refractivity contribution in [3.63, 3.8) is 0 Å². The van der Waals surface area contributed by atoms with Crippen LogP contribution in [-0.2, 0) is 7.05 Å². The Hall–Kier alpha value is -3.15. The number of carbonyl (C=O) groups is 1. The van der Waals surface area contributed by atoms with Gasteiger partial charge >= 0.3 is 6.03 Å². The second-order valence-electron chi connectivity index (χ2n) is 6.42. The van der Waals surface area contributed by atoms with Crippen molar-refractivity contribution in [1.82, 2.24) is 20.1 Å². The summed E-state index contributed by atoms with van der Waals surface area (Å²) >= 11 is 0. The number of amides is 2. The number of benzene rings is 2. The van der Waals surface area contributed by atoms with Crippen molar-refractivity contribution in [2.24, 2.45) is 7.05 Å². The number of nitrogens with zero attached hydrogens (tertiary/aromatic N) is 3. The van der Waals surface area contributed by atoms with E-state index < -0.39 is 6.04 Å². The Balaban J connectivity index is 1.87. The maximum Gasteiger partial charge on any atom is 0.320 e. The Morgan fingerprint density at radius 1 is 1.04 bits per heavy atom. The van der Waals surface area contributed by atoms with Gasteiger partial charge in [0.1, 0.15) is 11.9 Å². The highest BCUT2D eigenvalue weighted by Gasteiger charge is 2.22. The first-order chi connectivity index (χ1) is 12.5. The lowest BCUT2D eigenvalue weighted by Gasteiger charge is -2.19. The van der Waals surface area contributed by atoms with Crippen molar-refractivity contribution in [3.8, 4) is 0 Å². The third-order valence-corrected chi connectivity index (χ3v) is 4.43. The number of hydrogen-bond donors (Lipinski definition) is 2. The molecule has 134 valence electrons. The number of nitrogens with one attached hydrogen (secondary N) is 2. The highest BCUT2D eigenvalue weighted by molar-refractivity contribution is 5.90. The van der Waals surface area contributed by atoms with Crippen molar-refractivity contribution in [3.05, 3.63) is 76.9 Å². The lowest BCUT2D eigenvalue weighted by atomic mass is 10.1. The zero-order valence-electron chi connectivity index (χ0n) is 15.4. The van der Waals surface area contributed by atoms with Crippen LogP contribution >= 0.6 is 0 Å². The van der Waals surface area contributed by atoms with E-state index >= 15 is 0 Å². The van der Waals surface area contributed by atoms with Gasteiger partial charge < -0.3 is 15.2 Å². The molecule has 0 bridgehead atoms. The van der Waals surface area contributed by atoms with E-state index in [4.69, 9.17) is 0 Å². The molecule has 3 rings (SSSR count). The van der Waals surface area contributed by atoms with Crippen molar-refractivity contribution in [2.75, 3.05) is 5.32 Å². The van der Waals surface area contributed by atoms with E-state index in [1.165, 1.54) is 0 Å². The van der Waals surface area contributed by atoms with E-state index in [1.807, 2.05) is 80.9 Å². The number of urea groups is 1. The molecule has 0 radical (unpaired) electrons. The normalized spacial score (nSPS) is 11.8. The third-order valence-electron chi connectivity index (χ3n) is 4.43. The summed E-state index contributed by atoms with van der Waals surface area (Å²) in [5.74, 6) is 1.47. The maximum absolute atomic E-state index is 12.7. The molecule has 1 atom stereocenters. The molecule has 0 unspecified atom stereocenters. The second-order valence-corrected chi connectivity index (χ2v) is 6.42. The van der Waals surface area contributed by atoms with Crippen molar-refractivity contribution in [1.29, 1.82) is 0 Å². The summed E-state index contributed by atoms with van der Waals surface area (Å²) in [4.78, 5) is 12.7. The van der Waals surface area contributed by atoms with E-state index in [0.29, 0.717) is 5.82 Å². The zero-order chi connectivity index (χ0) is 18.7. The summed E-state index contributed by atoms with van der Waals surface area (Å²) in [5, 5.41) is 14.3. The van der Waals surface area contributed by atoms with Crippen LogP contribution in [0.2, 0.25) is 0 Å². The predicted molar refractivity (Wildman–Crippen MR) is 102 cm³/mol.